The molecule has 7 nitrogen and oxygen atoms in total. The summed E-state index contributed by atoms with van der Waals surface area (Å²) in [5, 5.41) is 9.96. The standard InChI is InChI=1S/C30H28Cl2N4O3S/c1-3-16-38-28(37)26-19(2)33-29-34-30(40-18-22-9-5-7-11-25(22)32)35-36(29)27(26)20-12-14-23(15-13-20)39-17-21-8-4-6-10-24(21)31/h4-15,27H,3,16-18H2,1-2H3,(H,33,34,35). The Morgan fingerprint density at radius 1 is 1.00 bits per heavy atom. The number of aromatic nitrogens is 3. The van der Waals surface area contributed by atoms with Gasteiger partial charge in [0.25, 0.3) is 0 Å². The summed E-state index contributed by atoms with van der Waals surface area (Å²) in [6.45, 7) is 4.50. The first-order valence-corrected chi connectivity index (χ1v) is 14.6. The second-order valence-electron chi connectivity index (χ2n) is 9.19. The largest absolute Gasteiger partial charge is 0.489 e. The molecule has 0 amide bonds. The fourth-order valence-corrected chi connectivity index (χ4v) is 5.62. The molecule has 1 atom stereocenters. The van der Waals surface area contributed by atoms with E-state index in [0.29, 0.717) is 57.1 Å². The molecule has 0 aliphatic carbocycles. The van der Waals surface area contributed by atoms with Crippen molar-refractivity contribution in [3.63, 3.8) is 0 Å². The lowest BCUT2D eigenvalue weighted by Gasteiger charge is -2.28. The van der Waals surface area contributed by atoms with E-state index in [-0.39, 0.29) is 5.97 Å². The average molecular weight is 596 g/mol. The molecule has 10 heteroatoms. The molecular weight excluding hydrogens is 567 g/mol. The van der Waals surface area contributed by atoms with Crippen LogP contribution in [0.15, 0.2) is 89.2 Å². The minimum absolute atomic E-state index is 0.334. The van der Waals surface area contributed by atoms with Crippen LogP contribution in [-0.4, -0.2) is 27.3 Å². The number of ether oxygens (including phenoxy) is 2. The van der Waals surface area contributed by atoms with Crippen molar-refractivity contribution in [1.82, 2.24) is 14.8 Å². The van der Waals surface area contributed by atoms with E-state index in [1.54, 1.807) is 4.68 Å². The quantitative estimate of drug-likeness (QED) is 0.149. The molecule has 40 heavy (non-hydrogen) atoms. The van der Waals surface area contributed by atoms with Gasteiger partial charge in [0, 0.05) is 27.1 Å². The minimum Gasteiger partial charge on any atom is -0.489 e. The molecule has 0 spiro atoms. The Balaban J connectivity index is 1.42. The summed E-state index contributed by atoms with van der Waals surface area (Å²) >= 11 is 14.1. The van der Waals surface area contributed by atoms with E-state index >= 15 is 0 Å². The van der Waals surface area contributed by atoms with Gasteiger partial charge in [0.05, 0.1) is 12.2 Å². The highest BCUT2D eigenvalue weighted by Crippen LogP contribution is 2.38. The predicted octanol–water partition coefficient (Wildman–Crippen LogP) is 7.70. The zero-order chi connectivity index (χ0) is 28.1. The number of nitrogens with one attached hydrogen (secondary N) is 1. The summed E-state index contributed by atoms with van der Waals surface area (Å²) in [6, 6.07) is 22.4. The molecule has 1 aromatic heterocycles. The highest BCUT2D eigenvalue weighted by molar-refractivity contribution is 7.98. The van der Waals surface area contributed by atoms with Gasteiger partial charge < -0.3 is 14.8 Å². The zero-order valence-corrected chi connectivity index (χ0v) is 24.4. The number of benzene rings is 3. The second-order valence-corrected chi connectivity index (χ2v) is 11.0. The van der Waals surface area contributed by atoms with Crippen molar-refractivity contribution in [2.75, 3.05) is 11.9 Å². The Morgan fingerprint density at radius 2 is 1.68 bits per heavy atom. The number of anilines is 1. The van der Waals surface area contributed by atoms with Crippen LogP contribution in [0.2, 0.25) is 10.0 Å². The lowest BCUT2D eigenvalue weighted by atomic mass is 9.96. The van der Waals surface area contributed by atoms with E-state index in [1.807, 2.05) is 86.6 Å². The van der Waals surface area contributed by atoms with Gasteiger partial charge in [-0.25, -0.2) is 9.48 Å². The van der Waals surface area contributed by atoms with Gasteiger partial charge in [0.15, 0.2) is 0 Å². The van der Waals surface area contributed by atoms with Crippen molar-refractivity contribution in [3.05, 3.63) is 111 Å². The molecule has 0 fully saturated rings. The molecule has 1 aliphatic rings. The molecule has 0 saturated carbocycles. The van der Waals surface area contributed by atoms with E-state index in [0.717, 1.165) is 23.1 Å². The summed E-state index contributed by atoms with van der Waals surface area (Å²) in [7, 11) is 0. The number of carbonyl (C=O) groups is 1. The average Bonchev–Trinajstić information content (AvgIpc) is 3.37. The van der Waals surface area contributed by atoms with E-state index in [9.17, 15) is 4.79 Å². The van der Waals surface area contributed by atoms with E-state index in [1.165, 1.54) is 11.8 Å². The van der Waals surface area contributed by atoms with Gasteiger partial charge in [-0.1, -0.05) is 90.4 Å². The normalized spacial score (nSPS) is 14.4. The number of fused-ring (bicyclic) bond motifs is 1. The lowest BCUT2D eigenvalue weighted by Crippen LogP contribution is -2.29. The summed E-state index contributed by atoms with van der Waals surface area (Å²) in [4.78, 5) is 17.9. The summed E-state index contributed by atoms with van der Waals surface area (Å²) < 4.78 is 13.3. The van der Waals surface area contributed by atoms with Crippen LogP contribution < -0.4 is 10.1 Å². The highest BCUT2D eigenvalue weighted by atomic mass is 35.5. The molecule has 0 saturated heterocycles. The lowest BCUT2D eigenvalue weighted by molar-refractivity contribution is -0.139. The van der Waals surface area contributed by atoms with Gasteiger partial charge >= 0.3 is 5.97 Å². The first-order chi connectivity index (χ1) is 19.4. The molecule has 1 N–H and O–H groups in total. The van der Waals surface area contributed by atoms with Crippen molar-refractivity contribution in [2.45, 2.75) is 43.8 Å². The number of thioether (sulfide) groups is 1. The Hall–Kier alpha value is -3.46. The van der Waals surface area contributed by atoms with Gasteiger partial charge in [-0.15, -0.1) is 5.10 Å². The topological polar surface area (TPSA) is 78.3 Å². The third-order valence-corrected chi connectivity index (χ3v) is 7.98. The Bertz CT molecular complexity index is 1540. The summed E-state index contributed by atoms with van der Waals surface area (Å²) in [5.41, 5.74) is 3.91. The second kappa shape index (κ2) is 12.8. The Morgan fingerprint density at radius 3 is 2.35 bits per heavy atom. The van der Waals surface area contributed by atoms with Crippen molar-refractivity contribution in [2.24, 2.45) is 0 Å². The first kappa shape index (κ1) is 28.1. The van der Waals surface area contributed by atoms with Crippen LogP contribution in [0.5, 0.6) is 5.75 Å². The monoisotopic (exact) mass is 594 g/mol. The number of hydrogen-bond acceptors (Lipinski definition) is 7. The van der Waals surface area contributed by atoms with Crippen molar-refractivity contribution in [1.29, 1.82) is 0 Å². The number of rotatable bonds is 10. The third-order valence-electron chi connectivity index (χ3n) is 6.35. The van der Waals surface area contributed by atoms with Gasteiger partial charge in [-0.05, 0) is 48.7 Å². The maximum atomic E-state index is 13.2. The van der Waals surface area contributed by atoms with Crippen LogP contribution in [0.25, 0.3) is 0 Å². The number of carbonyl (C=O) groups excluding carboxylic acids is 1. The van der Waals surface area contributed by atoms with Crippen LogP contribution in [0, 0.1) is 0 Å². The van der Waals surface area contributed by atoms with E-state index in [2.05, 4.69) is 5.32 Å². The van der Waals surface area contributed by atoms with Gasteiger partial charge in [0.1, 0.15) is 18.4 Å². The Kier molecular flexibility index (Phi) is 8.99. The van der Waals surface area contributed by atoms with Crippen molar-refractivity contribution >= 4 is 46.9 Å². The maximum absolute atomic E-state index is 13.2. The summed E-state index contributed by atoms with van der Waals surface area (Å²) in [6.07, 6.45) is 0.727. The smallest absolute Gasteiger partial charge is 0.338 e. The number of nitrogens with zero attached hydrogens (tertiary/aromatic N) is 3. The third kappa shape index (κ3) is 6.30. The predicted molar refractivity (Wildman–Crippen MR) is 159 cm³/mol. The van der Waals surface area contributed by atoms with Crippen LogP contribution in [0.1, 0.15) is 43.0 Å². The molecule has 3 aromatic carbocycles. The Labute approximate surface area is 247 Å². The van der Waals surface area contributed by atoms with Gasteiger partial charge in [-0.3, -0.25) is 0 Å². The summed E-state index contributed by atoms with van der Waals surface area (Å²) in [5.74, 6) is 1.46. The molecule has 4 aromatic rings. The van der Waals surface area contributed by atoms with Crippen LogP contribution in [0.3, 0.4) is 0 Å². The SMILES string of the molecule is CCCOC(=O)C1=C(C)Nc2nc(SCc3ccccc3Cl)nn2C1c1ccc(OCc2ccccc2Cl)cc1. The number of esters is 1. The van der Waals surface area contributed by atoms with Crippen LogP contribution >= 0.6 is 35.0 Å². The zero-order valence-electron chi connectivity index (χ0n) is 22.1. The molecular formula is C30H28Cl2N4O3S. The van der Waals surface area contributed by atoms with Crippen molar-refractivity contribution in [3.8, 4) is 5.75 Å². The number of hydrogen-bond donors (Lipinski definition) is 1. The van der Waals surface area contributed by atoms with Crippen LogP contribution in [-0.2, 0) is 21.9 Å². The van der Waals surface area contributed by atoms with Gasteiger partial charge in [0.2, 0.25) is 11.1 Å². The minimum atomic E-state index is -0.527. The molecule has 206 valence electrons. The van der Waals surface area contributed by atoms with Crippen molar-refractivity contribution < 1.29 is 14.3 Å². The van der Waals surface area contributed by atoms with E-state index in [4.69, 9.17) is 42.8 Å². The molecule has 5 rings (SSSR count). The molecule has 0 radical (unpaired) electrons. The molecule has 0 bridgehead atoms. The van der Waals surface area contributed by atoms with Gasteiger partial charge in [-0.2, -0.15) is 4.98 Å². The first-order valence-electron chi connectivity index (χ1n) is 12.9. The fourth-order valence-electron chi connectivity index (χ4n) is 4.32. The van der Waals surface area contributed by atoms with E-state index < -0.39 is 6.04 Å². The molecule has 2 heterocycles. The maximum Gasteiger partial charge on any atom is 0.338 e. The fraction of sp³-hybridized carbons (Fsp3) is 0.233. The van der Waals surface area contributed by atoms with Crippen LogP contribution in [0.4, 0.5) is 5.95 Å². The number of allylic oxidation sites excluding steroid dienone is 1. The highest BCUT2D eigenvalue weighted by Gasteiger charge is 2.35. The molecule has 1 aliphatic heterocycles. The molecule has 1 unspecified atom stereocenters. The number of halogens is 2.